The molecule has 1 aliphatic heterocycles. The molecule has 0 saturated carbocycles. The Morgan fingerprint density at radius 3 is 2.88 bits per heavy atom. The fourth-order valence-corrected chi connectivity index (χ4v) is 2.47. The van der Waals surface area contributed by atoms with Gasteiger partial charge in [0.15, 0.2) is 0 Å². The van der Waals surface area contributed by atoms with Gasteiger partial charge in [0.1, 0.15) is 6.04 Å². The molecule has 0 aliphatic carbocycles. The van der Waals surface area contributed by atoms with Crippen LogP contribution in [0.5, 0.6) is 0 Å². The molecule has 0 radical (unpaired) electrons. The van der Waals surface area contributed by atoms with E-state index in [9.17, 15) is 4.79 Å². The Hall–Kier alpha value is -1.36. The quantitative estimate of drug-likeness (QED) is 0.819. The Morgan fingerprint density at radius 1 is 1.53 bits per heavy atom. The highest BCUT2D eigenvalue weighted by molar-refractivity contribution is 5.80. The van der Waals surface area contributed by atoms with Crippen LogP contribution < -0.4 is 5.73 Å². The molecular weight excluding hydrogens is 216 g/mol. The minimum atomic E-state index is -0.248. The van der Waals surface area contributed by atoms with E-state index in [0.29, 0.717) is 12.5 Å². The van der Waals surface area contributed by atoms with E-state index in [1.165, 1.54) is 0 Å². The van der Waals surface area contributed by atoms with Gasteiger partial charge in [-0.3, -0.25) is 9.48 Å². The van der Waals surface area contributed by atoms with Gasteiger partial charge in [-0.25, -0.2) is 0 Å². The van der Waals surface area contributed by atoms with Crippen molar-refractivity contribution in [2.75, 3.05) is 13.1 Å². The minimum absolute atomic E-state index is 0.104. The molecule has 2 N–H and O–H groups in total. The van der Waals surface area contributed by atoms with Gasteiger partial charge < -0.3 is 10.6 Å². The highest BCUT2D eigenvalue weighted by Gasteiger charge is 2.29. The van der Waals surface area contributed by atoms with E-state index in [2.05, 4.69) is 12.0 Å². The first-order valence-electron chi connectivity index (χ1n) is 6.11. The number of amides is 1. The molecule has 1 aromatic rings. The third-order valence-electron chi connectivity index (χ3n) is 3.28. The second-order valence-corrected chi connectivity index (χ2v) is 5.01. The molecule has 5 nitrogen and oxygen atoms in total. The fraction of sp³-hybridized carbons (Fsp3) is 0.667. The van der Waals surface area contributed by atoms with E-state index < -0.39 is 0 Å². The largest absolute Gasteiger partial charge is 0.339 e. The molecule has 2 heterocycles. The van der Waals surface area contributed by atoms with Crippen molar-refractivity contribution in [1.29, 1.82) is 0 Å². The molecule has 1 aliphatic rings. The molecule has 1 saturated heterocycles. The Bertz CT molecular complexity index is 366. The first kappa shape index (κ1) is 12.1. The first-order valence-corrected chi connectivity index (χ1v) is 6.11. The van der Waals surface area contributed by atoms with Gasteiger partial charge in [0.2, 0.25) is 5.91 Å². The van der Waals surface area contributed by atoms with Crippen LogP contribution in [0.2, 0.25) is 0 Å². The number of nitrogens with zero attached hydrogens (tertiary/aromatic N) is 3. The van der Waals surface area contributed by atoms with Crippen molar-refractivity contribution >= 4 is 5.91 Å². The van der Waals surface area contributed by atoms with Crippen molar-refractivity contribution in [2.45, 2.75) is 32.4 Å². The summed E-state index contributed by atoms with van der Waals surface area (Å²) in [5.41, 5.74) is 5.96. The summed E-state index contributed by atoms with van der Waals surface area (Å²) >= 11 is 0. The van der Waals surface area contributed by atoms with Crippen molar-refractivity contribution in [2.24, 2.45) is 11.7 Å². The maximum Gasteiger partial charge on any atom is 0.247 e. The van der Waals surface area contributed by atoms with Gasteiger partial charge in [0.05, 0.1) is 0 Å². The summed E-state index contributed by atoms with van der Waals surface area (Å²) in [5.74, 6) is 0.586. The average molecular weight is 236 g/mol. The summed E-state index contributed by atoms with van der Waals surface area (Å²) < 4.78 is 1.69. The first-order chi connectivity index (χ1) is 8.08. The summed E-state index contributed by atoms with van der Waals surface area (Å²) in [7, 11) is 0. The molecule has 0 bridgehead atoms. The van der Waals surface area contributed by atoms with Crippen LogP contribution in [0.1, 0.15) is 26.3 Å². The smallest absolute Gasteiger partial charge is 0.247 e. The summed E-state index contributed by atoms with van der Waals surface area (Å²) in [6.45, 7) is 5.48. The lowest BCUT2D eigenvalue weighted by Crippen LogP contribution is -2.50. The number of hydrogen-bond acceptors (Lipinski definition) is 3. The standard InChI is InChI=1S/C12H20N4O/c1-9-6-11(13)8-15(7-9)12(17)10(2)16-5-3-4-14-16/h3-5,9-11H,6-8,13H2,1-2H3. The van der Waals surface area contributed by atoms with Crippen LogP contribution in [-0.2, 0) is 4.79 Å². The normalized spacial score (nSPS) is 26.9. The minimum Gasteiger partial charge on any atom is -0.339 e. The van der Waals surface area contributed by atoms with Gasteiger partial charge in [-0.1, -0.05) is 6.92 Å². The van der Waals surface area contributed by atoms with Gasteiger partial charge in [-0.15, -0.1) is 0 Å². The van der Waals surface area contributed by atoms with Crippen LogP contribution in [0.4, 0.5) is 0 Å². The van der Waals surface area contributed by atoms with Crippen LogP contribution >= 0.6 is 0 Å². The molecule has 3 atom stereocenters. The second-order valence-electron chi connectivity index (χ2n) is 5.01. The number of aromatic nitrogens is 2. The zero-order valence-electron chi connectivity index (χ0n) is 10.4. The van der Waals surface area contributed by atoms with E-state index in [0.717, 1.165) is 13.0 Å². The molecule has 1 amide bonds. The zero-order valence-corrected chi connectivity index (χ0v) is 10.4. The maximum atomic E-state index is 12.3. The molecule has 1 aromatic heterocycles. The van der Waals surface area contributed by atoms with Crippen LogP contribution in [0.25, 0.3) is 0 Å². The Morgan fingerprint density at radius 2 is 2.29 bits per heavy atom. The average Bonchev–Trinajstić information content (AvgIpc) is 2.79. The molecule has 2 rings (SSSR count). The highest BCUT2D eigenvalue weighted by atomic mass is 16.2. The number of hydrogen-bond donors (Lipinski definition) is 1. The van der Waals surface area contributed by atoms with Gasteiger partial charge in [0.25, 0.3) is 0 Å². The number of carbonyl (C=O) groups is 1. The highest BCUT2D eigenvalue weighted by Crippen LogP contribution is 2.18. The van der Waals surface area contributed by atoms with Crippen molar-refractivity contribution in [3.8, 4) is 0 Å². The second kappa shape index (κ2) is 4.87. The number of carbonyl (C=O) groups excluding carboxylic acids is 1. The summed E-state index contributed by atoms with van der Waals surface area (Å²) in [6, 6.07) is 1.68. The summed E-state index contributed by atoms with van der Waals surface area (Å²) in [6.07, 6.45) is 4.50. The van der Waals surface area contributed by atoms with Crippen LogP contribution in [0.15, 0.2) is 18.5 Å². The van der Waals surface area contributed by atoms with E-state index in [-0.39, 0.29) is 18.0 Å². The number of rotatable bonds is 2. The summed E-state index contributed by atoms with van der Waals surface area (Å²) in [4.78, 5) is 14.2. The number of nitrogens with two attached hydrogens (primary N) is 1. The molecule has 0 spiro atoms. The summed E-state index contributed by atoms with van der Waals surface area (Å²) in [5, 5.41) is 4.11. The third kappa shape index (κ3) is 2.66. The van der Waals surface area contributed by atoms with Gasteiger partial charge >= 0.3 is 0 Å². The van der Waals surface area contributed by atoms with Crippen molar-refractivity contribution in [1.82, 2.24) is 14.7 Å². The van der Waals surface area contributed by atoms with Gasteiger partial charge in [0, 0.05) is 31.5 Å². The lowest BCUT2D eigenvalue weighted by Gasteiger charge is -2.36. The monoisotopic (exact) mass is 236 g/mol. The predicted molar refractivity (Wildman–Crippen MR) is 65.3 cm³/mol. The molecule has 0 aromatic carbocycles. The van der Waals surface area contributed by atoms with Gasteiger partial charge in [-0.05, 0) is 25.3 Å². The van der Waals surface area contributed by atoms with Crippen molar-refractivity contribution in [3.05, 3.63) is 18.5 Å². The van der Waals surface area contributed by atoms with E-state index in [1.54, 1.807) is 10.9 Å². The lowest BCUT2D eigenvalue weighted by molar-refractivity contribution is -0.136. The Labute approximate surface area is 102 Å². The van der Waals surface area contributed by atoms with Crippen LogP contribution in [0.3, 0.4) is 0 Å². The molecule has 94 valence electrons. The topological polar surface area (TPSA) is 64.2 Å². The Balaban J connectivity index is 2.04. The van der Waals surface area contributed by atoms with E-state index in [1.807, 2.05) is 24.1 Å². The van der Waals surface area contributed by atoms with E-state index >= 15 is 0 Å². The molecular formula is C12H20N4O. The van der Waals surface area contributed by atoms with Crippen LogP contribution in [0, 0.1) is 5.92 Å². The fourth-order valence-electron chi connectivity index (χ4n) is 2.47. The van der Waals surface area contributed by atoms with E-state index in [4.69, 9.17) is 5.73 Å². The van der Waals surface area contributed by atoms with Crippen molar-refractivity contribution < 1.29 is 4.79 Å². The van der Waals surface area contributed by atoms with Crippen LogP contribution in [-0.4, -0.2) is 39.7 Å². The number of likely N-dealkylation sites (tertiary alicyclic amines) is 1. The molecule has 5 heteroatoms. The maximum absolute atomic E-state index is 12.3. The SMILES string of the molecule is CC1CC(N)CN(C(=O)C(C)n2cccn2)C1. The van der Waals surface area contributed by atoms with Gasteiger partial charge in [-0.2, -0.15) is 5.10 Å². The Kier molecular flexibility index (Phi) is 3.47. The molecule has 3 unspecified atom stereocenters. The molecule has 1 fully saturated rings. The predicted octanol–water partition coefficient (Wildman–Crippen LogP) is 0.640. The third-order valence-corrected chi connectivity index (χ3v) is 3.28. The molecule has 17 heavy (non-hydrogen) atoms. The van der Waals surface area contributed by atoms with Crippen molar-refractivity contribution in [3.63, 3.8) is 0 Å². The lowest BCUT2D eigenvalue weighted by atomic mass is 9.96. The zero-order chi connectivity index (χ0) is 12.4. The number of piperidine rings is 1.